The first kappa shape index (κ1) is 14.1. The standard InChI is InChI=1S/C16H24N2O/c1-15(13-17-19)9-11-16(12-10-15,18(2)3)14-7-5-4-6-8-14/h4-8,13,19H,9-12H2,1-3H3/b17-13-. The Hall–Kier alpha value is -1.35. The predicted molar refractivity (Wildman–Crippen MR) is 78.7 cm³/mol. The highest BCUT2D eigenvalue weighted by Crippen LogP contribution is 2.47. The van der Waals surface area contributed by atoms with Gasteiger partial charge in [-0.2, -0.15) is 0 Å². The van der Waals surface area contributed by atoms with E-state index in [9.17, 15) is 0 Å². The van der Waals surface area contributed by atoms with Crippen molar-refractivity contribution in [2.24, 2.45) is 10.6 Å². The Balaban J connectivity index is 2.26. The summed E-state index contributed by atoms with van der Waals surface area (Å²) in [6, 6.07) is 10.7. The lowest BCUT2D eigenvalue weighted by Gasteiger charge is -2.48. The molecule has 1 aliphatic rings. The van der Waals surface area contributed by atoms with Crippen molar-refractivity contribution in [3.63, 3.8) is 0 Å². The minimum absolute atomic E-state index is 0.0308. The molecular formula is C16H24N2O. The van der Waals surface area contributed by atoms with Crippen molar-refractivity contribution in [1.29, 1.82) is 0 Å². The molecule has 3 heteroatoms. The molecule has 104 valence electrons. The van der Waals surface area contributed by atoms with E-state index in [2.05, 4.69) is 61.4 Å². The van der Waals surface area contributed by atoms with E-state index in [4.69, 9.17) is 5.21 Å². The summed E-state index contributed by atoms with van der Waals surface area (Å²) in [5, 5.41) is 12.1. The number of benzene rings is 1. The molecule has 0 aromatic heterocycles. The fraction of sp³-hybridized carbons (Fsp3) is 0.562. The van der Waals surface area contributed by atoms with Gasteiger partial charge in [-0.25, -0.2) is 0 Å². The Labute approximate surface area is 115 Å². The van der Waals surface area contributed by atoms with Gasteiger partial charge in [0, 0.05) is 17.2 Å². The first-order valence-electron chi connectivity index (χ1n) is 6.94. The number of hydrogen-bond acceptors (Lipinski definition) is 3. The van der Waals surface area contributed by atoms with Crippen molar-refractivity contribution in [1.82, 2.24) is 4.90 Å². The van der Waals surface area contributed by atoms with Gasteiger partial charge in [-0.1, -0.05) is 37.3 Å². The first-order chi connectivity index (χ1) is 9.02. The number of nitrogens with zero attached hydrogens (tertiary/aromatic N) is 2. The van der Waals surface area contributed by atoms with Crippen LogP contribution in [0, 0.1) is 5.41 Å². The van der Waals surface area contributed by atoms with Gasteiger partial charge in [0.2, 0.25) is 0 Å². The highest BCUT2D eigenvalue weighted by atomic mass is 16.4. The van der Waals surface area contributed by atoms with E-state index in [1.807, 2.05) is 0 Å². The van der Waals surface area contributed by atoms with E-state index in [0.29, 0.717) is 0 Å². The summed E-state index contributed by atoms with van der Waals surface area (Å²) >= 11 is 0. The van der Waals surface area contributed by atoms with Gasteiger partial charge in [0.15, 0.2) is 0 Å². The van der Waals surface area contributed by atoms with Crippen LogP contribution in [0.5, 0.6) is 0 Å². The summed E-state index contributed by atoms with van der Waals surface area (Å²) in [6.45, 7) is 2.18. The van der Waals surface area contributed by atoms with Crippen LogP contribution in [0.25, 0.3) is 0 Å². The Morgan fingerprint density at radius 3 is 2.16 bits per heavy atom. The second kappa shape index (κ2) is 5.33. The molecule has 1 aliphatic carbocycles. The van der Waals surface area contributed by atoms with Crippen LogP contribution >= 0.6 is 0 Å². The minimum atomic E-state index is 0.0308. The van der Waals surface area contributed by atoms with Gasteiger partial charge in [-0.3, -0.25) is 4.90 Å². The zero-order valence-electron chi connectivity index (χ0n) is 12.1. The normalized spacial score (nSPS) is 32.0. The van der Waals surface area contributed by atoms with Crippen molar-refractivity contribution in [3.05, 3.63) is 35.9 Å². The van der Waals surface area contributed by atoms with Crippen molar-refractivity contribution >= 4 is 6.21 Å². The van der Waals surface area contributed by atoms with Gasteiger partial charge in [-0.05, 0) is 45.3 Å². The van der Waals surface area contributed by atoms with E-state index >= 15 is 0 Å². The maximum atomic E-state index is 8.80. The largest absolute Gasteiger partial charge is 0.411 e. The van der Waals surface area contributed by atoms with E-state index in [0.717, 1.165) is 25.7 Å². The molecule has 19 heavy (non-hydrogen) atoms. The highest BCUT2D eigenvalue weighted by molar-refractivity contribution is 5.64. The summed E-state index contributed by atoms with van der Waals surface area (Å²) in [5.74, 6) is 0. The summed E-state index contributed by atoms with van der Waals surface area (Å²) in [4.78, 5) is 2.35. The Kier molecular flexibility index (Phi) is 3.95. The fourth-order valence-corrected chi connectivity index (χ4v) is 3.25. The number of rotatable bonds is 3. The molecule has 2 rings (SSSR count). The van der Waals surface area contributed by atoms with E-state index < -0.39 is 0 Å². The van der Waals surface area contributed by atoms with Gasteiger partial charge >= 0.3 is 0 Å². The fourth-order valence-electron chi connectivity index (χ4n) is 3.25. The maximum Gasteiger partial charge on any atom is 0.0494 e. The quantitative estimate of drug-likeness (QED) is 0.513. The van der Waals surface area contributed by atoms with Crippen LogP contribution in [0.3, 0.4) is 0 Å². The second-order valence-corrected chi connectivity index (χ2v) is 6.19. The van der Waals surface area contributed by atoms with Crippen LogP contribution in [0.1, 0.15) is 38.2 Å². The van der Waals surface area contributed by atoms with Crippen molar-refractivity contribution in [2.45, 2.75) is 38.1 Å². The lowest BCUT2D eigenvalue weighted by Crippen LogP contribution is -2.46. The molecule has 0 saturated heterocycles. The third-order valence-corrected chi connectivity index (χ3v) is 4.76. The van der Waals surface area contributed by atoms with Gasteiger partial charge in [0.05, 0.1) is 0 Å². The zero-order chi connectivity index (χ0) is 13.9. The summed E-state index contributed by atoms with van der Waals surface area (Å²) in [7, 11) is 4.32. The van der Waals surface area contributed by atoms with Gasteiger partial charge < -0.3 is 5.21 Å². The van der Waals surface area contributed by atoms with Crippen LogP contribution in [-0.2, 0) is 5.54 Å². The third kappa shape index (κ3) is 2.66. The molecule has 3 nitrogen and oxygen atoms in total. The molecule has 0 heterocycles. The summed E-state index contributed by atoms with van der Waals surface area (Å²) < 4.78 is 0. The molecular weight excluding hydrogens is 236 g/mol. The van der Waals surface area contributed by atoms with Crippen LogP contribution in [-0.4, -0.2) is 30.4 Å². The zero-order valence-corrected chi connectivity index (χ0v) is 12.1. The van der Waals surface area contributed by atoms with Gasteiger partial charge in [0.1, 0.15) is 0 Å². The molecule has 0 unspecified atom stereocenters. The molecule has 1 aromatic rings. The topological polar surface area (TPSA) is 35.8 Å². The lowest BCUT2D eigenvalue weighted by atomic mass is 9.66. The SMILES string of the molecule is CN(C)C1(c2ccccc2)CCC(C)(/C=N\O)CC1. The number of oxime groups is 1. The van der Waals surface area contributed by atoms with E-state index in [1.165, 1.54) is 5.56 Å². The van der Waals surface area contributed by atoms with Crippen molar-refractivity contribution in [2.75, 3.05) is 14.1 Å². The maximum absolute atomic E-state index is 8.80. The average Bonchev–Trinajstić information content (AvgIpc) is 2.41. The highest BCUT2D eigenvalue weighted by Gasteiger charge is 2.42. The Bertz CT molecular complexity index is 431. The second-order valence-electron chi connectivity index (χ2n) is 6.19. The minimum Gasteiger partial charge on any atom is -0.411 e. The van der Waals surface area contributed by atoms with Crippen LogP contribution < -0.4 is 0 Å². The molecule has 0 aliphatic heterocycles. The lowest BCUT2D eigenvalue weighted by molar-refractivity contribution is 0.0670. The Morgan fingerprint density at radius 1 is 1.11 bits per heavy atom. The van der Waals surface area contributed by atoms with Gasteiger partial charge in [-0.15, -0.1) is 5.16 Å². The summed E-state index contributed by atoms with van der Waals surface area (Å²) in [6.07, 6.45) is 5.98. The van der Waals surface area contributed by atoms with Crippen LogP contribution in [0.15, 0.2) is 35.5 Å². The molecule has 1 saturated carbocycles. The average molecular weight is 260 g/mol. The smallest absolute Gasteiger partial charge is 0.0494 e. The first-order valence-corrected chi connectivity index (χ1v) is 6.94. The van der Waals surface area contributed by atoms with Crippen molar-refractivity contribution < 1.29 is 5.21 Å². The monoisotopic (exact) mass is 260 g/mol. The Morgan fingerprint density at radius 2 is 1.68 bits per heavy atom. The van der Waals surface area contributed by atoms with E-state index in [1.54, 1.807) is 6.21 Å². The molecule has 0 atom stereocenters. The molecule has 0 radical (unpaired) electrons. The summed E-state index contributed by atoms with van der Waals surface area (Å²) in [5.41, 5.74) is 1.54. The number of hydrogen-bond donors (Lipinski definition) is 1. The van der Waals surface area contributed by atoms with Crippen LogP contribution in [0.4, 0.5) is 0 Å². The third-order valence-electron chi connectivity index (χ3n) is 4.76. The molecule has 0 spiro atoms. The molecule has 0 amide bonds. The molecule has 1 N–H and O–H groups in total. The predicted octanol–water partition coefficient (Wildman–Crippen LogP) is 3.48. The molecule has 1 aromatic carbocycles. The molecule has 0 bridgehead atoms. The van der Waals surface area contributed by atoms with Gasteiger partial charge in [0.25, 0.3) is 0 Å². The molecule has 1 fully saturated rings. The van der Waals surface area contributed by atoms with E-state index in [-0.39, 0.29) is 11.0 Å². The van der Waals surface area contributed by atoms with Crippen LogP contribution in [0.2, 0.25) is 0 Å². The van der Waals surface area contributed by atoms with Crippen molar-refractivity contribution in [3.8, 4) is 0 Å².